The van der Waals surface area contributed by atoms with Crippen molar-refractivity contribution < 1.29 is 14.3 Å². The van der Waals surface area contributed by atoms with E-state index in [-0.39, 0.29) is 11.9 Å². The van der Waals surface area contributed by atoms with E-state index in [1.54, 1.807) is 24.5 Å². The third-order valence-corrected chi connectivity index (χ3v) is 7.77. The van der Waals surface area contributed by atoms with Crippen LogP contribution in [0.2, 0.25) is 0 Å². The van der Waals surface area contributed by atoms with Crippen LogP contribution >= 0.6 is 0 Å². The fraction of sp³-hybridized carbons (Fsp3) is 0.364. The Hall–Kier alpha value is -4.57. The average molecular weight is 580 g/mol. The molecule has 3 aromatic heterocycles. The number of amides is 1. The van der Waals surface area contributed by atoms with Crippen LogP contribution < -0.4 is 15.0 Å². The van der Waals surface area contributed by atoms with Crippen molar-refractivity contribution in [2.75, 3.05) is 43.1 Å². The third kappa shape index (κ3) is 6.59. The number of carbonyl (C=O) groups is 1. The Kier molecular flexibility index (Phi) is 8.74. The number of aromatic nitrogens is 4. The van der Waals surface area contributed by atoms with Gasteiger partial charge in [-0.3, -0.25) is 9.78 Å². The smallest absolute Gasteiger partial charge is 0.255 e. The van der Waals surface area contributed by atoms with Crippen LogP contribution in [0.25, 0.3) is 11.4 Å². The number of unbranched alkanes of at least 4 members (excludes halogenated alkanes) is 1. The zero-order valence-corrected chi connectivity index (χ0v) is 24.7. The van der Waals surface area contributed by atoms with E-state index in [0.717, 1.165) is 47.7 Å². The topological polar surface area (TPSA) is 106 Å². The van der Waals surface area contributed by atoms with Crippen LogP contribution in [-0.4, -0.2) is 69.7 Å². The van der Waals surface area contributed by atoms with Gasteiger partial charge in [0.1, 0.15) is 11.6 Å². The zero-order valence-electron chi connectivity index (χ0n) is 24.7. The molecular weight excluding hydrogens is 542 g/mol. The van der Waals surface area contributed by atoms with Crippen molar-refractivity contribution in [2.24, 2.45) is 0 Å². The van der Waals surface area contributed by atoms with E-state index < -0.39 is 0 Å². The van der Waals surface area contributed by atoms with Gasteiger partial charge in [0.15, 0.2) is 5.82 Å². The van der Waals surface area contributed by atoms with Crippen molar-refractivity contribution >= 4 is 23.2 Å². The lowest BCUT2D eigenvalue weighted by atomic mass is 10.0. The Morgan fingerprint density at radius 2 is 1.95 bits per heavy atom. The molecule has 1 amide bonds. The molecule has 1 saturated heterocycles. The summed E-state index contributed by atoms with van der Waals surface area (Å²) in [5.41, 5.74) is 4.37. The molecule has 1 fully saturated rings. The van der Waals surface area contributed by atoms with Gasteiger partial charge in [-0.15, -0.1) is 0 Å². The largest absolute Gasteiger partial charge is 0.478 e. The second-order valence-electron chi connectivity index (χ2n) is 10.9. The van der Waals surface area contributed by atoms with Gasteiger partial charge in [-0.05, 0) is 62.2 Å². The molecular formula is C33H37N7O3. The van der Waals surface area contributed by atoms with Crippen LogP contribution in [0.1, 0.15) is 48.3 Å². The normalized spacial score (nSPS) is 16.5. The highest BCUT2D eigenvalue weighted by Crippen LogP contribution is 2.32. The second kappa shape index (κ2) is 13.2. The fourth-order valence-corrected chi connectivity index (χ4v) is 5.40. The molecule has 0 aliphatic carbocycles. The van der Waals surface area contributed by atoms with Crippen LogP contribution in [0.5, 0.6) is 5.88 Å². The van der Waals surface area contributed by atoms with Gasteiger partial charge in [0.2, 0.25) is 5.88 Å². The second-order valence-corrected chi connectivity index (χ2v) is 10.9. The Balaban J connectivity index is 1.27. The predicted molar refractivity (Wildman–Crippen MR) is 166 cm³/mol. The maximum Gasteiger partial charge on any atom is 0.255 e. The highest BCUT2D eigenvalue weighted by atomic mass is 16.5. The number of hydrogen-bond acceptors (Lipinski definition) is 9. The molecule has 43 heavy (non-hydrogen) atoms. The van der Waals surface area contributed by atoms with Gasteiger partial charge < -0.3 is 24.6 Å². The van der Waals surface area contributed by atoms with Crippen molar-refractivity contribution in [3.8, 4) is 17.3 Å². The summed E-state index contributed by atoms with van der Waals surface area (Å²) in [7, 11) is 0. The number of morpholine rings is 1. The van der Waals surface area contributed by atoms with Crippen molar-refractivity contribution in [2.45, 2.75) is 45.7 Å². The molecule has 2 aliphatic rings. The van der Waals surface area contributed by atoms with E-state index in [0.29, 0.717) is 62.4 Å². The van der Waals surface area contributed by atoms with Gasteiger partial charge in [-0.25, -0.2) is 9.97 Å². The quantitative estimate of drug-likeness (QED) is 0.265. The highest BCUT2D eigenvalue weighted by molar-refractivity contribution is 5.94. The van der Waals surface area contributed by atoms with Crippen molar-refractivity contribution in [1.82, 2.24) is 24.8 Å². The fourth-order valence-electron chi connectivity index (χ4n) is 5.40. The number of hydrogen-bond donors (Lipinski definition) is 1. The van der Waals surface area contributed by atoms with Crippen molar-refractivity contribution in [1.29, 1.82) is 0 Å². The Bertz CT molecular complexity index is 1550. The number of ether oxygens (including phenoxy) is 2. The SMILES string of the molecule is CCCCOc1cccc(Nc2ccc(-c3nc4c(c(N5CCOCC5C)n3)CCN(C(=O)c3cccnc3)C4)cc2)n1. The average Bonchev–Trinajstić information content (AvgIpc) is 3.05. The molecule has 0 bridgehead atoms. The van der Waals surface area contributed by atoms with Gasteiger partial charge in [0, 0.05) is 48.4 Å². The molecule has 10 heteroatoms. The number of anilines is 3. The van der Waals surface area contributed by atoms with E-state index in [1.807, 2.05) is 47.4 Å². The van der Waals surface area contributed by atoms with Gasteiger partial charge in [0.25, 0.3) is 5.91 Å². The van der Waals surface area contributed by atoms with E-state index in [9.17, 15) is 4.79 Å². The van der Waals surface area contributed by atoms with Crippen LogP contribution in [-0.2, 0) is 17.7 Å². The van der Waals surface area contributed by atoms with Crippen LogP contribution in [0.3, 0.4) is 0 Å². The first kappa shape index (κ1) is 28.5. The molecule has 5 heterocycles. The molecule has 10 nitrogen and oxygen atoms in total. The standard InChI is InChI=1S/C33H37N7O3/c1-3-4-18-43-30-9-5-8-29(37-30)35-26-12-10-24(11-13-26)31-36-28-21-39(33(41)25-7-6-15-34-20-25)16-14-27(28)32(38-31)40-17-19-42-22-23(40)2/h5-13,15,20,23H,3-4,14,16-19,21-22H2,1-2H3,(H,35,37). The Morgan fingerprint density at radius 1 is 1.07 bits per heavy atom. The number of fused-ring (bicyclic) bond motifs is 1. The van der Waals surface area contributed by atoms with E-state index in [4.69, 9.17) is 19.4 Å². The highest BCUT2D eigenvalue weighted by Gasteiger charge is 2.30. The Morgan fingerprint density at radius 3 is 2.74 bits per heavy atom. The lowest BCUT2D eigenvalue weighted by Crippen LogP contribution is -2.45. The van der Waals surface area contributed by atoms with E-state index in [1.165, 1.54) is 0 Å². The summed E-state index contributed by atoms with van der Waals surface area (Å²) >= 11 is 0. The first-order valence-corrected chi connectivity index (χ1v) is 15.0. The molecule has 0 radical (unpaired) electrons. The number of benzene rings is 1. The number of carbonyl (C=O) groups excluding carboxylic acids is 1. The summed E-state index contributed by atoms with van der Waals surface area (Å²) in [5, 5.41) is 3.36. The summed E-state index contributed by atoms with van der Waals surface area (Å²) in [6.07, 6.45) is 6.06. The van der Waals surface area contributed by atoms with Crippen LogP contribution in [0.15, 0.2) is 67.0 Å². The molecule has 4 aromatic rings. The summed E-state index contributed by atoms with van der Waals surface area (Å²) in [6, 6.07) is 17.5. The maximum absolute atomic E-state index is 13.3. The molecule has 2 aliphatic heterocycles. The van der Waals surface area contributed by atoms with Gasteiger partial charge in [-0.1, -0.05) is 19.4 Å². The lowest BCUT2D eigenvalue weighted by molar-refractivity contribution is 0.0731. The molecule has 6 rings (SSSR count). The number of rotatable bonds is 9. The number of pyridine rings is 2. The molecule has 0 spiro atoms. The summed E-state index contributed by atoms with van der Waals surface area (Å²) in [6.45, 7) is 8.05. The third-order valence-electron chi connectivity index (χ3n) is 7.77. The van der Waals surface area contributed by atoms with Crippen molar-refractivity contribution in [3.05, 3.63) is 83.8 Å². The molecule has 0 saturated carbocycles. The molecule has 222 valence electrons. The minimum atomic E-state index is -0.0379. The lowest BCUT2D eigenvalue weighted by Gasteiger charge is -2.37. The zero-order chi connectivity index (χ0) is 29.6. The van der Waals surface area contributed by atoms with Gasteiger partial charge >= 0.3 is 0 Å². The first-order chi connectivity index (χ1) is 21.1. The van der Waals surface area contributed by atoms with Crippen molar-refractivity contribution in [3.63, 3.8) is 0 Å². The molecule has 1 N–H and O–H groups in total. The summed E-state index contributed by atoms with van der Waals surface area (Å²) < 4.78 is 11.5. The summed E-state index contributed by atoms with van der Waals surface area (Å²) in [4.78, 5) is 36.3. The number of nitrogens with one attached hydrogen (secondary N) is 1. The molecule has 1 aromatic carbocycles. The van der Waals surface area contributed by atoms with Crippen LogP contribution in [0, 0.1) is 0 Å². The minimum absolute atomic E-state index is 0.0379. The van der Waals surface area contributed by atoms with E-state index >= 15 is 0 Å². The number of nitrogens with zero attached hydrogens (tertiary/aromatic N) is 6. The maximum atomic E-state index is 13.3. The van der Waals surface area contributed by atoms with E-state index in [2.05, 4.69) is 34.0 Å². The molecule has 1 atom stereocenters. The summed E-state index contributed by atoms with van der Waals surface area (Å²) in [5.74, 6) is 2.87. The first-order valence-electron chi connectivity index (χ1n) is 15.0. The van der Waals surface area contributed by atoms with Gasteiger partial charge in [0.05, 0.1) is 43.7 Å². The monoisotopic (exact) mass is 579 g/mol. The molecule has 1 unspecified atom stereocenters. The Labute approximate surface area is 252 Å². The van der Waals surface area contributed by atoms with Crippen LogP contribution in [0.4, 0.5) is 17.3 Å². The van der Waals surface area contributed by atoms with Gasteiger partial charge in [-0.2, -0.15) is 4.98 Å². The minimum Gasteiger partial charge on any atom is -0.478 e. The predicted octanol–water partition coefficient (Wildman–Crippen LogP) is 5.28.